The maximum absolute atomic E-state index is 13.9. The number of fused-ring (bicyclic) bond motifs is 1. The lowest BCUT2D eigenvalue weighted by molar-refractivity contribution is -0.151. The number of esters is 2. The van der Waals surface area contributed by atoms with Crippen molar-refractivity contribution in [3.8, 4) is 0 Å². The van der Waals surface area contributed by atoms with Crippen molar-refractivity contribution in [2.45, 2.75) is 33.1 Å². The van der Waals surface area contributed by atoms with Crippen LogP contribution in [0.1, 0.15) is 38.7 Å². The number of methoxy groups -OCH3 is 1. The Labute approximate surface area is 210 Å². The molecular weight excluding hydrogens is 462 g/mol. The first-order valence-electron chi connectivity index (χ1n) is 11.9. The second-order valence-electron chi connectivity index (χ2n) is 8.94. The van der Waals surface area contributed by atoms with E-state index in [-0.39, 0.29) is 18.3 Å². The number of Topliss-reactive ketones (excluding diaryl/α,β-unsaturated/α-hetero) is 1. The second-order valence-corrected chi connectivity index (χ2v) is 10.3. The fourth-order valence-corrected chi connectivity index (χ4v) is 5.67. The molecule has 0 saturated heterocycles. The van der Waals surface area contributed by atoms with Gasteiger partial charge in [0.1, 0.15) is 12.5 Å². The zero-order valence-corrected chi connectivity index (χ0v) is 21.4. The van der Waals surface area contributed by atoms with Gasteiger partial charge in [-0.05, 0) is 41.4 Å². The van der Waals surface area contributed by atoms with Crippen LogP contribution in [0.4, 0.5) is 0 Å². The fraction of sp³-hybridized carbons (Fsp3) is 0.393. The van der Waals surface area contributed by atoms with Crippen molar-refractivity contribution in [1.29, 1.82) is 0 Å². The van der Waals surface area contributed by atoms with Gasteiger partial charge in [0.25, 0.3) is 0 Å². The molecule has 2 aliphatic rings. The van der Waals surface area contributed by atoms with E-state index in [4.69, 9.17) is 9.47 Å². The van der Waals surface area contributed by atoms with E-state index >= 15 is 0 Å². The van der Waals surface area contributed by atoms with Crippen LogP contribution in [-0.4, -0.2) is 42.9 Å². The molecule has 1 heterocycles. The molecule has 2 aromatic rings. The molecule has 0 fully saturated rings. The van der Waals surface area contributed by atoms with Crippen molar-refractivity contribution < 1.29 is 23.9 Å². The molecule has 0 aromatic heterocycles. The number of thioether (sulfide) groups is 1. The molecule has 0 spiro atoms. The van der Waals surface area contributed by atoms with Gasteiger partial charge in [-0.1, -0.05) is 56.3 Å². The molecule has 6 nitrogen and oxygen atoms in total. The third-order valence-electron chi connectivity index (χ3n) is 6.76. The number of benzene rings is 2. The highest BCUT2D eigenvalue weighted by Gasteiger charge is 2.47. The average Bonchev–Trinajstić information content (AvgIpc) is 2.85. The molecule has 0 saturated carbocycles. The van der Waals surface area contributed by atoms with Gasteiger partial charge in [0, 0.05) is 28.6 Å². The summed E-state index contributed by atoms with van der Waals surface area (Å²) in [6, 6.07) is 13.8. The summed E-state index contributed by atoms with van der Waals surface area (Å²) < 4.78 is 10.7. The van der Waals surface area contributed by atoms with Crippen molar-refractivity contribution in [1.82, 2.24) is 5.32 Å². The van der Waals surface area contributed by atoms with Gasteiger partial charge in [-0.15, -0.1) is 0 Å². The van der Waals surface area contributed by atoms with E-state index < -0.39 is 23.8 Å². The smallest absolute Gasteiger partial charge is 0.336 e. The molecule has 3 atom stereocenters. The lowest BCUT2D eigenvalue weighted by atomic mass is 9.68. The van der Waals surface area contributed by atoms with E-state index in [9.17, 15) is 14.4 Å². The van der Waals surface area contributed by atoms with Gasteiger partial charge in [0.2, 0.25) is 0 Å². The minimum Gasteiger partial charge on any atom is -0.468 e. The number of ketones is 1. The zero-order chi connectivity index (χ0) is 25.1. The highest BCUT2D eigenvalue weighted by Crippen LogP contribution is 2.46. The summed E-state index contributed by atoms with van der Waals surface area (Å²) in [5, 5.41) is 5.28. The predicted molar refractivity (Wildman–Crippen MR) is 138 cm³/mol. The number of hydrogen-bond donors (Lipinski definition) is 1. The fourth-order valence-electron chi connectivity index (χ4n) is 5.18. The lowest BCUT2D eigenvalue weighted by Gasteiger charge is -2.38. The van der Waals surface area contributed by atoms with Gasteiger partial charge in [-0.3, -0.25) is 9.59 Å². The van der Waals surface area contributed by atoms with E-state index in [1.165, 1.54) is 7.11 Å². The van der Waals surface area contributed by atoms with Gasteiger partial charge in [-0.25, -0.2) is 4.79 Å². The van der Waals surface area contributed by atoms with Crippen LogP contribution < -0.4 is 5.32 Å². The molecule has 1 N–H and O–H groups in total. The van der Waals surface area contributed by atoms with Crippen molar-refractivity contribution in [3.05, 3.63) is 70.6 Å². The minimum absolute atomic E-state index is 0.221. The highest BCUT2D eigenvalue weighted by atomic mass is 32.2. The summed E-state index contributed by atoms with van der Waals surface area (Å²) in [5.74, 6) is -1.41. The summed E-state index contributed by atoms with van der Waals surface area (Å²) in [5.41, 5.74) is 3.14. The first-order valence-corrected chi connectivity index (χ1v) is 13.1. The summed E-state index contributed by atoms with van der Waals surface area (Å²) in [7, 11) is 1.30. The van der Waals surface area contributed by atoms with Crippen LogP contribution in [0.5, 0.6) is 0 Å². The maximum Gasteiger partial charge on any atom is 0.336 e. The van der Waals surface area contributed by atoms with Gasteiger partial charge < -0.3 is 14.8 Å². The third-order valence-corrected chi connectivity index (χ3v) is 7.63. The Morgan fingerprint density at radius 1 is 1.14 bits per heavy atom. The van der Waals surface area contributed by atoms with Crippen LogP contribution in [0.15, 0.2) is 65.0 Å². The van der Waals surface area contributed by atoms with Gasteiger partial charge >= 0.3 is 11.9 Å². The molecule has 0 radical (unpaired) electrons. The molecule has 184 valence electrons. The van der Waals surface area contributed by atoms with Crippen molar-refractivity contribution >= 4 is 40.3 Å². The molecule has 35 heavy (non-hydrogen) atoms. The molecule has 7 heteroatoms. The SMILES string of the molecule is CCSCCOC(=O)C1=C(C)NC2=C(C(=O)[C@H](C(=O)OC)[C@H](C)C2)[C@@H]1c1cccc2ccccc12. The Morgan fingerprint density at radius 3 is 2.63 bits per heavy atom. The van der Waals surface area contributed by atoms with Gasteiger partial charge in [-0.2, -0.15) is 11.8 Å². The van der Waals surface area contributed by atoms with Crippen LogP contribution in [0.2, 0.25) is 0 Å². The van der Waals surface area contributed by atoms with E-state index in [1.54, 1.807) is 11.8 Å². The number of carbonyl (C=O) groups is 3. The average molecular weight is 494 g/mol. The summed E-state index contributed by atoms with van der Waals surface area (Å²) >= 11 is 1.70. The number of ether oxygens (including phenoxy) is 2. The number of carbonyl (C=O) groups excluding carboxylic acids is 3. The Hall–Kier alpha value is -3.06. The van der Waals surface area contributed by atoms with Crippen LogP contribution in [0, 0.1) is 11.8 Å². The number of nitrogens with one attached hydrogen (secondary N) is 1. The molecule has 0 unspecified atom stereocenters. The van der Waals surface area contributed by atoms with Crippen molar-refractivity contribution in [2.75, 3.05) is 25.2 Å². The second kappa shape index (κ2) is 10.7. The van der Waals surface area contributed by atoms with E-state index in [0.717, 1.165) is 27.8 Å². The standard InChI is InChI=1S/C28H31NO5S/c1-5-35-14-13-34-28(32)23-17(3)29-21-15-16(2)22(27(31)33-4)26(30)25(21)24(23)20-12-8-10-18-9-6-7-11-19(18)20/h6-12,16,22,24,29H,5,13-15H2,1-4H3/t16-,22-,24-/m1/s1. The number of dihydropyridines is 1. The minimum atomic E-state index is -0.908. The van der Waals surface area contributed by atoms with E-state index in [1.807, 2.05) is 56.3 Å². The monoisotopic (exact) mass is 493 g/mol. The predicted octanol–water partition coefficient (Wildman–Crippen LogP) is 4.75. The lowest BCUT2D eigenvalue weighted by Crippen LogP contribution is -2.43. The van der Waals surface area contributed by atoms with Crippen LogP contribution in [0.3, 0.4) is 0 Å². The molecule has 2 aromatic carbocycles. The largest absolute Gasteiger partial charge is 0.468 e. The first kappa shape index (κ1) is 25.0. The van der Waals surface area contributed by atoms with Crippen LogP contribution >= 0.6 is 11.8 Å². The topological polar surface area (TPSA) is 81.7 Å². The number of rotatable bonds is 7. The molecule has 1 aliphatic carbocycles. The Bertz CT molecular complexity index is 1230. The molecular formula is C28H31NO5S. The number of allylic oxidation sites excluding steroid dienone is 3. The van der Waals surface area contributed by atoms with Crippen molar-refractivity contribution in [2.24, 2.45) is 11.8 Å². The number of hydrogen-bond acceptors (Lipinski definition) is 7. The quantitative estimate of drug-likeness (QED) is 0.339. The molecule has 0 amide bonds. The third kappa shape index (κ3) is 4.74. The first-order chi connectivity index (χ1) is 16.9. The van der Waals surface area contributed by atoms with Crippen LogP contribution in [-0.2, 0) is 23.9 Å². The summed E-state index contributed by atoms with van der Waals surface area (Å²) in [6.45, 7) is 6.08. The van der Waals surface area contributed by atoms with Gasteiger partial charge in [0.15, 0.2) is 5.78 Å². The highest BCUT2D eigenvalue weighted by molar-refractivity contribution is 7.99. The Morgan fingerprint density at radius 2 is 1.89 bits per heavy atom. The summed E-state index contributed by atoms with van der Waals surface area (Å²) in [4.78, 5) is 39.9. The Balaban J connectivity index is 1.87. The molecule has 1 aliphatic heterocycles. The van der Waals surface area contributed by atoms with Crippen molar-refractivity contribution in [3.63, 3.8) is 0 Å². The molecule has 4 rings (SSSR count). The Kier molecular flexibility index (Phi) is 7.65. The molecule has 0 bridgehead atoms. The van der Waals surface area contributed by atoms with E-state index in [2.05, 4.69) is 12.2 Å². The normalized spacial score (nSPS) is 22.1. The van der Waals surface area contributed by atoms with Crippen LogP contribution in [0.25, 0.3) is 10.8 Å². The zero-order valence-electron chi connectivity index (χ0n) is 20.6. The van der Waals surface area contributed by atoms with Gasteiger partial charge in [0.05, 0.1) is 12.7 Å². The summed E-state index contributed by atoms with van der Waals surface area (Å²) in [6.07, 6.45) is 0.509. The maximum atomic E-state index is 13.9. The van der Waals surface area contributed by atoms with E-state index in [0.29, 0.717) is 29.0 Å².